The fourth-order valence-electron chi connectivity index (χ4n) is 2.57. The summed E-state index contributed by atoms with van der Waals surface area (Å²) in [6.45, 7) is 2.27. The van der Waals surface area contributed by atoms with E-state index >= 15 is 0 Å². The summed E-state index contributed by atoms with van der Waals surface area (Å²) >= 11 is 0. The number of nitro benzene ring substituents is 1. The van der Waals surface area contributed by atoms with E-state index in [4.69, 9.17) is 5.11 Å². The predicted molar refractivity (Wildman–Crippen MR) is 74.1 cm³/mol. The molecule has 1 saturated heterocycles. The Kier molecular flexibility index (Phi) is 4.21. The fourth-order valence-corrected chi connectivity index (χ4v) is 2.57. The molecule has 0 saturated carbocycles. The number of nitro groups is 1. The first-order chi connectivity index (χ1) is 9.91. The van der Waals surface area contributed by atoms with Gasteiger partial charge in [0.15, 0.2) is 0 Å². The lowest BCUT2D eigenvalue weighted by Crippen LogP contribution is -2.40. The molecule has 1 aliphatic heterocycles. The average molecular weight is 292 g/mol. The lowest BCUT2D eigenvalue weighted by atomic mass is 9.96. The molecule has 2 rings (SSSR count). The van der Waals surface area contributed by atoms with Crippen molar-refractivity contribution in [2.75, 3.05) is 13.1 Å². The monoisotopic (exact) mass is 292 g/mol. The van der Waals surface area contributed by atoms with Crippen molar-refractivity contribution in [2.45, 2.75) is 19.8 Å². The van der Waals surface area contributed by atoms with Crippen molar-refractivity contribution in [3.63, 3.8) is 0 Å². The molecule has 1 fully saturated rings. The van der Waals surface area contributed by atoms with E-state index in [1.807, 2.05) is 0 Å². The van der Waals surface area contributed by atoms with Crippen molar-refractivity contribution in [3.05, 3.63) is 39.4 Å². The van der Waals surface area contributed by atoms with Gasteiger partial charge in [0.05, 0.1) is 10.8 Å². The van der Waals surface area contributed by atoms with E-state index in [1.54, 1.807) is 19.1 Å². The summed E-state index contributed by atoms with van der Waals surface area (Å²) in [4.78, 5) is 35.4. The number of likely N-dealkylation sites (tertiary alicyclic amines) is 1. The number of hydrogen-bond acceptors (Lipinski definition) is 4. The molecule has 0 atom stereocenters. The average Bonchev–Trinajstić information content (AvgIpc) is 2.46. The zero-order chi connectivity index (χ0) is 15.6. The summed E-state index contributed by atoms with van der Waals surface area (Å²) in [5.41, 5.74) is 0.436. The summed E-state index contributed by atoms with van der Waals surface area (Å²) in [5, 5.41) is 20.0. The Bertz CT molecular complexity index is 591. The van der Waals surface area contributed by atoms with Gasteiger partial charge in [-0.05, 0) is 25.3 Å². The molecule has 1 aromatic rings. The maximum atomic E-state index is 12.5. The van der Waals surface area contributed by atoms with Gasteiger partial charge in [0, 0.05) is 19.2 Å². The van der Waals surface area contributed by atoms with Crippen molar-refractivity contribution in [3.8, 4) is 0 Å². The van der Waals surface area contributed by atoms with Gasteiger partial charge in [-0.3, -0.25) is 19.7 Å². The van der Waals surface area contributed by atoms with E-state index in [1.165, 1.54) is 11.0 Å². The molecule has 1 aromatic carbocycles. The van der Waals surface area contributed by atoms with Gasteiger partial charge in [0.25, 0.3) is 11.6 Å². The van der Waals surface area contributed by atoms with Gasteiger partial charge < -0.3 is 10.0 Å². The maximum Gasteiger partial charge on any atom is 0.306 e. The number of hydrogen-bond donors (Lipinski definition) is 1. The fraction of sp³-hybridized carbons (Fsp3) is 0.429. The summed E-state index contributed by atoms with van der Waals surface area (Å²) in [6, 6.07) is 4.51. The molecule has 1 N–H and O–H groups in total. The molecular formula is C14H16N2O5. The van der Waals surface area contributed by atoms with E-state index in [0.717, 1.165) is 0 Å². The lowest BCUT2D eigenvalue weighted by Gasteiger charge is -2.30. The van der Waals surface area contributed by atoms with Crippen molar-refractivity contribution < 1.29 is 19.6 Å². The molecule has 1 aliphatic rings. The Morgan fingerprint density at radius 3 is 2.48 bits per heavy atom. The Hall–Kier alpha value is -2.44. The zero-order valence-corrected chi connectivity index (χ0v) is 11.6. The number of aliphatic carboxylic acids is 1. The number of rotatable bonds is 3. The second-order valence-electron chi connectivity index (χ2n) is 5.13. The minimum Gasteiger partial charge on any atom is -0.481 e. The van der Waals surface area contributed by atoms with Crippen LogP contribution in [-0.4, -0.2) is 39.9 Å². The van der Waals surface area contributed by atoms with E-state index in [2.05, 4.69) is 0 Å². The van der Waals surface area contributed by atoms with E-state index in [9.17, 15) is 19.7 Å². The Balaban J connectivity index is 2.22. The van der Waals surface area contributed by atoms with Gasteiger partial charge in [0.1, 0.15) is 5.56 Å². The highest BCUT2D eigenvalue weighted by molar-refractivity contribution is 5.99. The Morgan fingerprint density at radius 2 is 1.95 bits per heavy atom. The normalized spacial score (nSPS) is 15.8. The van der Waals surface area contributed by atoms with Crippen LogP contribution in [0.1, 0.15) is 28.8 Å². The van der Waals surface area contributed by atoms with Crippen LogP contribution in [0.4, 0.5) is 5.69 Å². The van der Waals surface area contributed by atoms with Crippen LogP contribution in [0.2, 0.25) is 0 Å². The van der Waals surface area contributed by atoms with Crippen LogP contribution in [-0.2, 0) is 4.79 Å². The van der Waals surface area contributed by atoms with Crippen LogP contribution in [0.15, 0.2) is 18.2 Å². The molecule has 1 amide bonds. The SMILES string of the molecule is Cc1cccc([N+](=O)[O-])c1C(=O)N1CCC(C(=O)O)CC1. The summed E-state index contributed by atoms with van der Waals surface area (Å²) in [7, 11) is 0. The number of carbonyl (C=O) groups excluding carboxylic acids is 1. The maximum absolute atomic E-state index is 12.5. The Labute approximate surface area is 121 Å². The van der Waals surface area contributed by atoms with E-state index in [-0.39, 0.29) is 11.3 Å². The molecule has 0 radical (unpaired) electrons. The number of carboxylic acids is 1. The third kappa shape index (κ3) is 3.01. The quantitative estimate of drug-likeness (QED) is 0.676. The van der Waals surface area contributed by atoms with Crippen molar-refractivity contribution in [1.82, 2.24) is 4.90 Å². The van der Waals surface area contributed by atoms with E-state index in [0.29, 0.717) is 31.5 Å². The molecule has 0 spiro atoms. The minimum absolute atomic E-state index is 0.0938. The molecule has 0 aromatic heterocycles. The third-order valence-electron chi connectivity index (χ3n) is 3.79. The summed E-state index contributed by atoms with van der Waals surface area (Å²) in [6.07, 6.45) is 0.751. The first-order valence-corrected chi connectivity index (χ1v) is 6.68. The van der Waals surface area contributed by atoms with E-state index < -0.39 is 22.7 Å². The van der Waals surface area contributed by atoms with Gasteiger partial charge >= 0.3 is 5.97 Å². The van der Waals surface area contributed by atoms with Crippen molar-refractivity contribution in [2.24, 2.45) is 5.92 Å². The number of benzene rings is 1. The summed E-state index contributed by atoms with van der Waals surface area (Å²) in [5.74, 6) is -1.70. The van der Waals surface area contributed by atoms with Gasteiger partial charge in [-0.1, -0.05) is 12.1 Å². The summed E-state index contributed by atoms with van der Waals surface area (Å²) < 4.78 is 0. The second-order valence-corrected chi connectivity index (χ2v) is 5.13. The van der Waals surface area contributed by atoms with Crippen molar-refractivity contribution >= 4 is 17.6 Å². The van der Waals surface area contributed by atoms with Crippen LogP contribution in [0, 0.1) is 23.0 Å². The second kappa shape index (κ2) is 5.90. The largest absolute Gasteiger partial charge is 0.481 e. The van der Waals surface area contributed by atoms with Gasteiger partial charge in [-0.2, -0.15) is 0 Å². The van der Waals surface area contributed by atoms with Gasteiger partial charge in [-0.15, -0.1) is 0 Å². The zero-order valence-electron chi connectivity index (χ0n) is 11.6. The number of nitrogens with zero attached hydrogens (tertiary/aromatic N) is 2. The topological polar surface area (TPSA) is 101 Å². The molecule has 0 bridgehead atoms. The number of piperidine rings is 1. The molecular weight excluding hydrogens is 276 g/mol. The highest BCUT2D eigenvalue weighted by Gasteiger charge is 2.31. The molecule has 112 valence electrons. The van der Waals surface area contributed by atoms with Crippen LogP contribution in [0.25, 0.3) is 0 Å². The number of carbonyl (C=O) groups is 2. The lowest BCUT2D eigenvalue weighted by molar-refractivity contribution is -0.385. The highest BCUT2D eigenvalue weighted by atomic mass is 16.6. The number of amides is 1. The van der Waals surface area contributed by atoms with Crippen LogP contribution in [0.3, 0.4) is 0 Å². The van der Waals surface area contributed by atoms with Gasteiger partial charge in [-0.25, -0.2) is 0 Å². The third-order valence-corrected chi connectivity index (χ3v) is 3.79. The van der Waals surface area contributed by atoms with Gasteiger partial charge in [0.2, 0.25) is 0 Å². The first-order valence-electron chi connectivity index (χ1n) is 6.68. The van der Waals surface area contributed by atoms with Crippen LogP contribution in [0.5, 0.6) is 0 Å². The standard InChI is InChI=1S/C14H16N2O5/c1-9-3-2-4-11(16(20)21)12(9)13(17)15-7-5-10(6-8-15)14(18)19/h2-4,10H,5-8H2,1H3,(H,18,19). The number of aryl methyl sites for hydroxylation is 1. The predicted octanol–water partition coefficient (Wildman–Crippen LogP) is 1.84. The minimum atomic E-state index is -0.857. The van der Waals surface area contributed by atoms with Crippen molar-refractivity contribution in [1.29, 1.82) is 0 Å². The molecule has 21 heavy (non-hydrogen) atoms. The number of carboxylic acid groups (broad SMARTS) is 1. The molecule has 0 aliphatic carbocycles. The smallest absolute Gasteiger partial charge is 0.306 e. The molecule has 1 heterocycles. The van der Waals surface area contributed by atoms with Crippen LogP contribution < -0.4 is 0 Å². The molecule has 7 heteroatoms. The Morgan fingerprint density at radius 1 is 1.33 bits per heavy atom. The molecule has 7 nitrogen and oxygen atoms in total. The van der Waals surface area contributed by atoms with Crippen LogP contribution >= 0.6 is 0 Å². The molecule has 0 unspecified atom stereocenters. The first kappa shape index (κ1) is 15.0. The highest BCUT2D eigenvalue weighted by Crippen LogP contribution is 2.26.